The summed E-state index contributed by atoms with van der Waals surface area (Å²) in [5, 5.41) is 2.88. The first kappa shape index (κ1) is 13.2. The molecule has 1 aromatic rings. The average Bonchev–Trinajstić information content (AvgIpc) is 2.70. The van der Waals surface area contributed by atoms with E-state index >= 15 is 0 Å². The van der Waals surface area contributed by atoms with E-state index in [1.165, 1.54) is 0 Å². The number of carbonyl (C=O) groups excluding carboxylic acids is 2. The number of carbonyl (C=O) groups is 2. The van der Waals surface area contributed by atoms with Gasteiger partial charge in [0, 0.05) is 11.1 Å². The van der Waals surface area contributed by atoms with Gasteiger partial charge in [0.05, 0.1) is 5.41 Å². The Morgan fingerprint density at radius 2 is 1.80 bits per heavy atom. The van der Waals surface area contributed by atoms with Gasteiger partial charge in [-0.2, -0.15) is 0 Å². The number of amides is 1. The van der Waals surface area contributed by atoms with Crippen molar-refractivity contribution < 1.29 is 14.3 Å². The minimum Gasteiger partial charge on any atom is -0.448 e. The molecule has 0 aromatic heterocycles. The second kappa shape index (κ2) is 3.84. The van der Waals surface area contributed by atoms with E-state index in [-0.39, 0.29) is 11.9 Å². The van der Waals surface area contributed by atoms with Crippen LogP contribution >= 0.6 is 0 Å². The lowest BCUT2D eigenvalue weighted by Gasteiger charge is -2.35. The van der Waals surface area contributed by atoms with Gasteiger partial charge in [0.25, 0.3) is 5.91 Å². The first-order chi connectivity index (χ1) is 9.33. The number of rotatable bonds is 2. The standard InChI is InChI=1S/C16H19NO3/c1-14(2)15(3)9-10-16(14,20-13(15)19)12(18)17-11-7-5-4-6-8-11/h4-8H,9-10H2,1-3H3,(H,17,18)/t15-,16+/m1/s1. The largest absolute Gasteiger partial charge is 0.448 e. The number of fused-ring (bicyclic) bond motifs is 2. The summed E-state index contributed by atoms with van der Waals surface area (Å²) in [6.07, 6.45) is 1.28. The maximum absolute atomic E-state index is 12.7. The Hall–Kier alpha value is -1.84. The molecule has 0 unspecified atom stereocenters. The molecule has 1 heterocycles. The van der Waals surface area contributed by atoms with Crippen molar-refractivity contribution in [3.8, 4) is 0 Å². The van der Waals surface area contributed by atoms with E-state index in [1.807, 2.05) is 51.1 Å². The summed E-state index contributed by atoms with van der Waals surface area (Å²) in [5.41, 5.74) is -1.40. The number of anilines is 1. The zero-order valence-corrected chi connectivity index (χ0v) is 12.0. The number of para-hydroxylation sites is 1. The van der Waals surface area contributed by atoms with Gasteiger partial charge in [-0.1, -0.05) is 32.0 Å². The van der Waals surface area contributed by atoms with Crippen molar-refractivity contribution >= 4 is 17.6 Å². The monoisotopic (exact) mass is 273 g/mol. The van der Waals surface area contributed by atoms with Gasteiger partial charge in [0.1, 0.15) is 0 Å². The smallest absolute Gasteiger partial charge is 0.313 e. The van der Waals surface area contributed by atoms with Crippen molar-refractivity contribution in [1.82, 2.24) is 0 Å². The molecule has 1 saturated carbocycles. The third-order valence-electron chi connectivity index (χ3n) is 5.48. The van der Waals surface area contributed by atoms with Gasteiger partial charge in [-0.05, 0) is 31.9 Å². The lowest BCUT2D eigenvalue weighted by Crippen LogP contribution is -2.50. The highest BCUT2D eigenvalue weighted by atomic mass is 16.6. The minimum atomic E-state index is -1.05. The Morgan fingerprint density at radius 3 is 2.30 bits per heavy atom. The van der Waals surface area contributed by atoms with E-state index in [1.54, 1.807) is 0 Å². The molecule has 2 fully saturated rings. The molecule has 20 heavy (non-hydrogen) atoms. The Labute approximate surface area is 118 Å². The highest BCUT2D eigenvalue weighted by Gasteiger charge is 2.75. The first-order valence-electron chi connectivity index (χ1n) is 6.93. The molecule has 1 aromatic carbocycles. The molecule has 1 saturated heterocycles. The molecule has 106 valence electrons. The molecular weight excluding hydrogens is 254 g/mol. The van der Waals surface area contributed by atoms with Gasteiger partial charge in [0.15, 0.2) is 5.60 Å². The third-order valence-corrected chi connectivity index (χ3v) is 5.48. The zero-order valence-electron chi connectivity index (χ0n) is 12.0. The predicted octanol–water partition coefficient (Wildman–Crippen LogP) is 2.75. The molecule has 3 rings (SSSR count). The number of esters is 1. The summed E-state index contributed by atoms with van der Waals surface area (Å²) in [7, 11) is 0. The molecule has 4 nitrogen and oxygen atoms in total. The van der Waals surface area contributed by atoms with Crippen LogP contribution in [0.4, 0.5) is 5.69 Å². The van der Waals surface area contributed by atoms with E-state index < -0.39 is 16.4 Å². The summed E-state index contributed by atoms with van der Waals surface area (Å²) in [5.74, 6) is -0.472. The first-order valence-corrected chi connectivity index (χ1v) is 6.93. The zero-order chi connectivity index (χ0) is 14.6. The van der Waals surface area contributed by atoms with E-state index in [0.717, 1.165) is 5.69 Å². The molecule has 0 spiro atoms. The Morgan fingerprint density at radius 1 is 1.15 bits per heavy atom. The number of ether oxygens (including phenoxy) is 1. The lowest BCUT2D eigenvalue weighted by atomic mass is 9.66. The van der Waals surface area contributed by atoms with Crippen LogP contribution in [0.5, 0.6) is 0 Å². The maximum atomic E-state index is 12.7. The molecule has 2 bridgehead atoms. The van der Waals surface area contributed by atoms with Gasteiger partial charge in [0.2, 0.25) is 0 Å². The van der Waals surface area contributed by atoms with Gasteiger partial charge in [-0.15, -0.1) is 0 Å². The highest BCUT2D eigenvalue weighted by molar-refractivity contribution is 6.03. The lowest BCUT2D eigenvalue weighted by molar-refractivity contribution is -0.165. The molecule has 2 aliphatic rings. The molecule has 1 N–H and O–H groups in total. The number of hydrogen-bond acceptors (Lipinski definition) is 3. The maximum Gasteiger partial charge on any atom is 0.313 e. The molecule has 1 aliphatic heterocycles. The van der Waals surface area contributed by atoms with E-state index in [0.29, 0.717) is 12.8 Å². The quantitative estimate of drug-likeness (QED) is 0.843. The van der Waals surface area contributed by atoms with E-state index in [4.69, 9.17) is 4.74 Å². The van der Waals surface area contributed by atoms with Crippen LogP contribution < -0.4 is 5.32 Å². The summed E-state index contributed by atoms with van der Waals surface area (Å²) in [6.45, 7) is 5.81. The van der Waals surface area contributed by atoms with Gasteiger partial charge in [-0.25, -0.2) is 0 Å². The molecule has 2 atom stereocenters. The molecule has 1 amide bonds. The van der Waals surface area contributed by atoms with E-state index in [2.05, 4.69) is 5.32 Å². The van der Waals surface area contributed by atoms with Crippen molar-refractivity contribution in [3.63, 3.8) is 0 Å². The van der Waals surface area contributed by atoms with Crippen LogP contribution in [0.2, 0.25) is 0 Å². The molecule has 0 radical (unpaired) electrons. The Balaban J connectivity index is 1.94. The Bertz CT molecular complexity index is 581. The SMILES string of the molecule is CC1(C)[C@@]2(C(=O)Nc3ccccc3)CC[C@]1(C)C(=O)O2. The number of nitrogens with one attached hydrogen (secondary N) is 1. The summed E-state index contributed by atoms with van der Waals surface area (Å²) >= 11 is 0. The fourth-order valence-corrected chi connectivity index (χ4v) is 3.50. The van der Waals surface area contributed by atoms with Gasteiger partial charge < -0.3 is 10.1 Å². The van der Waals surface area contributed by atoms with Crippen LogP contribution in [0, 0.1) is 10.8 Å². The minimum absolute atomic E-state index is 0.219. The second-order valence-electron chi connectivity index (χ2n) is 6.49. The normalized spacial score (nSPS) is 33.9. The molecule has 1 aliphatic carbocycles. The van der Waals surface area contributed by atoms with Crippen molar-refractivity contribution in [2.24, 2.45) is 10.8 Å². The van der Waals surface area contributed by atoms with Gasteiger partial charge >= 0.3 is 5.97 Å². The number of hydrogen-bond donors (Lipinski definition) is 1. The van der Waals surface area contributed by atoms with Crippen LogP contribution in [0.3, 0.4) is 0 Å². The summed E-state index contributed by atoms with van der Waals surface area (Å²) in [6, 6.07) is 9.26. The van der Waals surface area contributed by atoms with Crippen molar-refractivity contribution in [2.45, 2.75) is 39.2 Å². The van der Waals surface area contributed by atoms with Gasteiger partial charge in [-0.3, -0.25) is 9.59 Å². The van der Waals surface area contributed by atoms with Crippen LogP contribution in [-0.4, -0.2) is 17.5 Å². The van der Waals surface area contributed by atoms with Crippen molar-refractivity contribution in [2.75, 3.05) is 5.32 Å². The fraction of sp³-hybridized carbons (Fsp3) is 0.500. The highest BCUT2D eigenvalue weighted by Crippen LogP contribution is 2.65. The molecular formula is C16H19NO3. The average molecular weight is 273 g/mol. The van der Waals surface area contributed by atoms with Crippen LogP contribution in [-0.2, 0) is 14.3 Å². The van der Waals surface area contributed by atoms with Crippen LogP contribution in [0.25, 0.3) is 0 Å². The second-order valence-corrected chi connectivity index (χ2v) is 6.49. The summed E-state index contributed by atoms with van der Waals surface area (Å²) < 4.78 is 5.55. The Kier molecular flexibility index (Phi) is 2.53. The fourth-order valence-electron chi connectivity index (χ4n) is 3.50. The van der Waals surface area contributed by atoms with Crippen LogP contribution in [0.15, 0.2) is 30.3 Å². The molecule has 4 heteroatoms. The topological polar surface area (TPSA) is 55.4 Å². The van der Waals surface area contributed by atoms with E-state index in [9.17, 15) is 9.59 Å². The van der Waals surface area contributed by atoms with Crippen LogP contribution in [0.1, 0.15) is 33.6 Å². The number of benzene rings is 1. The predicted molar refractivity (Wildman–Crippen MR) is 75.0 cm³/mol. The summed E-state index contributed by atoms with van der Waals surface area (Å²) in [4.78, 5) is 24.8. The third kappa shape index (κ3) is 1.37. The van der Waals surface area contributed by atoms with Crippen molar-refractivity contribution in [1.29, 1.82) is 0 Å². The van der Waals surface area contributed by atoms with Crippen molar-refractivity contribution in [3.05, 3.63) is 30.3 Å².